The summed E-state index contributed by atoms with van der Waals surface area (Å²) in [6.45, 7) is 4.57. The maximum atomic E-state index is 10.9. The van der Waals surface area contributed by atoms with Gasteiger partial charge in [-0.15, -0.1) is 0 Å². The van der Waals surface area contributed by atoms with Gasteiger partial charge in [0.05, 0.1) is 12.5 Å². The molecule has 1 heterocycles. The molecule has 0 N–H and O–H groups in total. The Labute approximate surface area is 90.5 Å². The molecule has 3 nitrogen and oxygen atoms in total. The lowest BCUT2D eigenvalue weighted by molar-refractivity contribution is 0.108. The van der Waals surface area contributed by atoms with E-state index in [1.165, 1.54) is 19.3 Å². The molecule has 0 bridgehead atoms. The summed E-state index contributed by atoms with van der Waals surface area (Å²) in [4.78, 5) is 14.9. The Morgan fingerprint density at radius 2 is 2.33 bits per heavy atom. The predicted molar refractivity (Wildman–Crippen MR) is 58.9 cm³/mol. The molecule has 1 saturated carbocycles. The third kappa shape index (κ3) is 1.83. The van der Waals surface area contributed by atoms with Crippen LogP contribution in [-0.4, -0.2) is 15.8 Å². The van der Waals surface area contributed by atoms with E-state index in [-0.39, 0.29) is 5.41 Å². The van der Waals surface area contributed by atoms with Crippen molar-refractivity contribution in [3.8, 4) is 0 Å². The number of hydrogen-bond acceptors (Lipinski definition) is 2. The Balaban J connectivity index is 2.32. The highest BCUT2D eigenvalue weighted by molar-refractivity contribution is 5.71. The number of imidazole rings is 1. The highest BCUT2D eigenvalue weighted by Crippen LogP contribution is 2.43. The van der Waals surface area contributed by atoms with E-state index in [1.54, 1.807) is 12.5 Å². The first kappa shape index (κ1) is 10.4. The molecular weight excluding hydrogens is 188 g/mol. The zero-order valence-corrected chi connectivity index (χ0v) is 9.44. The molecule has 1 atom stereocenters. The topological polar surface area (TPSA) is 34.9 Å². The molecule has 2 rings (SSSR count). The Morgan fingerprint density at radius 1 is 1.53 bits per heavy atom. The monoisotopic (exact) mass is 206 g/mol. The maximum absolute atomic E-state index is 10.9. The van der Waals surface area contributed by atoms with E-state index in [2.05, 4.69) is 18.8 Å². The predicted octanol–water partition coefficient (Wildman–Crippen LogP) is 2.84. The first-order valence-electron chi connectivity index (χ1n) is 5.62. The summed E-state index contributed by atoms with van der Waals surface area (Å²) < 4.78 is 2.05. The molecule has 1 aromatic heterocycles. The standard InChI is InChI=1S/C12H18N2O/c1-12(2)6-4-3-5-11(12)14-9-13-7-10(14)8-15/h7-9,11H,3-6H2,1-2H3. The van der Waals surface area contributed by atoms with Crippen LogP contribution in [0.3, 0.4) is 0 Å². The average molecular weight is 206 g/mol. The minimum atomic E-state index is 0.275. The zero-order chi connectivity index (χ0) is 10.9. The Morgan fingerprint density at radius 3 is 3.00 bits per heavy atom. The smallest absolute Gasteiger partial charge is 0.168 e. The zero-order valence-electron chi connectivity index (χ0n) is 9.44. The maximum Gasteiger partial charge on any atom is 0.168 e. The molecule has 3 heteroatoms. The van der Waals surface area contributed by atoms with Crippen molar-refractivity contribution < 1.29 is 4.79 Å². The second-order valence-corrected chi connectivity index (χ2v) is 5.09. The molecule has 15 heavy (non-hydrogen) atoms. The third-order valence-corrected chi connectivity index (χ3v) is 3.60. The van der Waals surface area contributed by atoms with Gasteiger partial charge in [0.15, 0.2) is 6.29 Å². The summed E-state index contributed by atoms with van der Waals surface area (Å²) >= 11 is 0. The number of aromatic nitrogens is 2. The number of carbonyl (C=O) groups is 1. The first-order valence-corrected chi connectivity index (χ1v) is 5.62. The summed E-state index contributed by atoms with van der Waals surface area (Å²) in [6.07, 6.45) is 9.29. The largest absolute Gasteiger partial charge is 0.325 e. The minimum Gasteiger partial charge on any atom is -0.325 e. The number of aldehydes is 1. The van der Waals surface area contributed by atoms with E-state index in [1.807, 2.05) is 4.57 Å². The Bertz CT molecular complexity index is 354. The quantitative estimate of drug-likeness (QED) is 0.697. The molecule has 82 valence electrons. The average Bonchev–Trinajstić information content (AvgIpc) is 2.64. The van der Waals surface area contributed by atoms with Crippen LogP contribution in [0.4, 0.5) is 0 Å². The summed E-state index contributed by atoms with van der Waals surface area (Å²) in [7, 11) is 0. The van der Waals surface area contributed by atoms with Gasteiger partial charge in [0.1, 0.15) is 5.69 Å². The van der Waals surface area contributed by atoms with Crippen LogP contribution in [0, 0.1) is 5.41 Å². The Kier molecular flexibility index (Phi) is 2.63. The van der Waals surface area contributed by atoms with Crippen LogP contribution in [0.5, 0.6) is 0 Å². The second kappa shape index (κ2) is 3.80. The van der Waals surface area contributed by atoms with E-state index in [4.69, 9.17) is 0 Å². The lowest BCUT2D eigenvalue weighted by atomic mass is 9.73. The summed E-state index contributed by atoms with van der Waals surface area (Å²) in [5, 5.41) is 0. The molecule has 0 amide bonds. The second-order valence-electron chi connectivity index (χ2n) is 5.09. The van der Waals surface area contributed by atoms with Crippen LogP contribution in [0.1, 0.15) is 56.1 Å². The molecule has 0 aliphatic heterocycles. The van der Waals surface area contributed by atoms with Gasteiger partial charge in [-0.05, 0) is 18.3 Å². The van der Waals surface area contributed by atoms with Crippen molar-refractivity contribution in [2.45, 2.75) is 45.6 Å². The van der Waals surface area contributed by atoms with Crippen molar-refractivity contribution in [1.82, 2.24) is 9.55 Å². The van der Waals surface area contributed by atoms with Crippen molar-refractivity contribution in [2.24, 2.45) is 5.41 Å². The molecular formula is C12H18N2O. The molecule has 1 fully saturated rings. The SMILES string of the molecule is CC1(C)CCCCC1n1cncc1C=O. The first-order chi connectivity index (χ1) is 7.15. The van der Waals surface area contributed by atoms with Gasteiger partial charge in [-0.25, -0.2) is 4.98 Å². The fourth-order valence-electron chi connectivity index (χ4n) is 2.66. The van der Waals surface area contributed by atoms with Crippen LogP contribution >= 0.6 is 0 Å². The number of carbonyl (C=O) groups excluding carboxylic acids is 1. The van der Waals surface area contributed by atoms with E-state index in [9.17, 15) is 4.79 Å². The molecule has 0 radical (unpaired) electrons. The lowest BCUT2D eigenvalue weighted by Crippen LogP contribution is -2.31. The van der Waals surface area contributed by atoms with Gasteiger partial charge in [0, 0.05) is 6.04 Å². The molecule has 1 aliphatic carbocycles. The minimum absolute atomic E-state index is 0.275. The van der Waals surface area contributed by atoms with E-state index >= 15 is 0 Å². The van der Waals surface area contributed by atoms with Crippen LogP contribution in [0.2, 0.25) is 0 Å². The number of rotatable bonds is 2. The molecule has 1 aromatic rings. The van der Waals surface area contributed by atoms with E-state index in [0.717, 1.165) is 12.7 Å². The van der Waals surface area contributed by atoms with E-state index < -0.39 is 0 Å². The van der Waals surface area contributed by atoms with Gasteiger partial charge in [0.2, 0.25) is 0 Å². The third-order valence-electron chi connectivity index (χ3n) is 3.60. The van der Waals surface area contributed by atoms with Crippen LogP contribution in [0.25, 0.3) is 0 Å². The molecule has 1 unspecified atom stereocenters. The summed E-state index contributed by atoms with van der Waals surface area (Å²) in [5.74, 6) is 0. The van der Waals surface area contributed by atoms with Gasteiger partial charge in [-0.2, -0.15) is 0 Å². The van der Waals surface area contributed by atoms with Crippen molar-refractivity contribution >= 4 is 6.29 Å². The number of hydrogen-bond donors (Lipinski definition) is 0. The number of nitrogens with zero attached hydrogens (tertiary/aromatic N) is 2. The fraction of sp³-hybridized carbons (Fsp3) is 0.667. The van der Waals surface area contributed by atoms with Crippen molar-refractivity contribution in [1.29, 1.82) is 0 Å². The summed E-state index contributed by atoms with van der Waals surface area (Å²) in [5.41, 5.74) is 0.978. The van der Waals surface area contributed by atoms with Crippen molar-refractivity contribution in [3.63, 3.8) is 0 Å². The van der Waals surface area contributed by atoms with Crippen molar-refractivity contribution in [3.05, 3.63) is 18.2 Å². The molecule has 0 saturated heterocycles. The Hall–Kier alpha value is -1.12. The van der Waals surface area contributed by atoms with Gasteiger partial charge < -0.3 is 4.57 Å². The summed E-state index contributed by atoms with van der Waals surface area (Å²) in [6, 6.07) is 0.425. The highest BCUT2D eigenvalue weighted by Gasteiger charge is 2.34. The van der Waals surface area contributed by atoms with Crippen LogP contribution in [0.15, 0.2) is 12.5 Å². The van der Waals surface area contributed by atoms with Gasteiger partial charge in [-0.1, -0.05) is 26.7 Å². The molecule has 0 spiro atoms. The fourth-order valence-corrected chi connectivity index (χ4v) is 2.66. The normalized spacial score (nSPS) is 25.1. The lowest BCUT2D eigenvalue weighted by Gasteiger charge is -2.39. The van der Waals surface area contributed by atoms with Crippen LogP contribution < -0.4 is 0 Å². The van der Waals surface area contributed by atoms with E-state index in [0.29, 0.717) is 11.7 Å². The van der Waals surface area contributed by atoms with Gasteiger partial charge in [-0.3, -0.25) is 4.79 Å². The van der Waals surface area contributed by atoms with Crippen LogP contribution in [-0.2, 0) is 0 Å². The van der Waals surface area contributed by atoms with Gasteiger partial charge in [0.25, 0.3) is 0 Å². The van der Waals surface area contributed by atoms with Crippen molar-refractivity contribution in [2.75, 3.05) is 0 Å². The molecule has 0 aromatic carbocycles. The van der Waals surface area contributed by atoms with Gasteiger partial charge >= 0.3 is 0 Å². The molecule has 1 aliphatic rings. The highest BCUT2D eigenvalue weighted by atomic mass is 16.1.